The average molecular weight is 218 g/mol. The second kappa shape index (κ2) is 5.07. The van der Waals surface area contributed by atoms with E-state index >= 15 is 0 Å². The number of para-hydroxylation sites is 1. The highest BCUT2D eigenvalue weighted by molar-refractivity contribution is 5.73. The number of fused-ring (bicyclic) bond motifs is 1. The summed E-state index contributed by atoms with van der Waals surface area (Å²) in [6, 6.07) is 8.46. The normalized spacial score (nSPS) is 13.1. The Bertz CT molecular complexity index is 449. The molecule has 0 radical (unpaired) electrons. The predicted molar refractivity (Wildman–Crippen MR) is 65.4 cm³/mol. The molecule has 1 atom stereocenters. The van der Waals surface area contributed by atoms with Crippen LogP contribution >= 0.6 is 0 Å². The Labute approximate surface area is 95.6 Å². The van der Waals surface area contributed by atoms with Gasteiger partial charge in [0.15, 0.2) is 0 Å². The van der Waals surface area contributed by atoms with Crippen molar-refractivity contribution in [3.8, 4) is 0 Å². The minimum atomic E-state index is 0.381. The molecule has 16 heavy (non-hydrogen) atoms. The molecule has 2 rings (SSSR count). The van der Waals surface area contributed by atoms with Crippen LogP contribution in [0.4, 0.5) is 0 Å². The summed E-state index contributed by atoms with van der Waals surface area (Å²) in [6.07, 6.45) is 1.07. The maximum atomic E-state index is 4.21. The molecule has 1 N–H and O–H groups in total. The Balaban J connectivity index is 2.13. The molecule has 0 amide bonds. The fourth-order valence-electron chi connectivity index (χ4n) is 1.82. The highest BCUT2D eigenvalue weighted by Gasteiger charge is 2.09. The van der Waals surface area contributed by atoms with Crippen molar-refractivity contribution >= 4 is 11.0 Å². The van der Waals surface area contributed by atoms with Crippen LogP contribution in [0.15, 0.2) is 24.3 Å². The third-order valence-electron chi connectivity index (χ3n) is 2.78. The van der Waals surface area contributed by atoms with Crippen LogP contribution in [-0.2, 0) is 0 Å². The number of benzene rings is 1. The summed E-state index contributed by atoms with van der Waals surface area (Å²) >= 11 is 0. The second-order valence-corrected chi connectivity index (χ2v) is 4.01. The van der Waals surface area contributed by atoms with E-state index in [0.717, 1.165) is 30.5 Å². The van der Waals surface area contributed by atoms with Gasteiger partial charge in [0.05, 0.1) is 11.6 Å². The summed E-state index contributed by atoms with van der Waals surface area (Å²) < 4.78 is 2.01. The van der Waals surface area contributed by atoms with Crippen molar-refractivity contribution in [3.05, 3.63) is 24.3 Å². The predicted octanol–water partition coefficient (Wildman–Crippen LogP) is 1.99. The Kier molecular flexibility index (Phi) is 3.51. The summed E-state index contributed by atoms with van der Waals surface area (Å²) in [6.45, 7) is 6.34. The Morgan fingerprint density at radius 3 is 3.00 bits per heavy atom. The van der Waals surface area contributed by atoms with Crippen LogP contribution in [0.25, 0.3) is 11.0 Å². The van der Waals surface area contributed by atoms with Gasteiger partial charge in [0, 0.05) is 0 Å². The summed E-state index contributed by atoms with van der Waals surface area (Å²) in [5.41, 5.74) is 2.09. The van der Waals surface area contributed by atoms with E-state index in [-0.39, 0.29) is 0 Å². The van der Waals surface area contributed by atoms with Gasteiger partial charge < -0.3 is 5.32 Å². The quantitative estimate of drug-likeness (QED) is 0.780. The molecule has 86 valence electrons. The number of aromatic nitrogens is 3. The van der Waals surface area contributed by atoms with Crippen LogP contribution in [-0.4, -0.2) is 28.1 Å². The number of hydrogen-bond acceptors (Lipinski definition) is 3. The third-order valence-corrected chi connectivity index (χ3v) is 2.78. The number of hydrogen-bond donors (Lipinski definition) is 1. The minimum absolute atomic E-state index is 0.381. The molecule has 2 aromatic rings. The Morgan fingerprint density at radius 2 is 2.19 bits per heavy atom. The molecule has 1 unspecified atom stereocenters. The van der Waals surface area contributed by atoms with Crippen molar-refractivity contribution < 1.29 is 0 Å². The minimum Gasteiger partial charge on any atom is -0.317 e. The van der Waals surface area contributed by atoms with Crippen molar-refractivity contribution in [1.82, 2.24) is 20.3 Å². The van der Waals surface area contributed by atoms with Crippen LogP contribution < -0.4 is 5.32 Å². The topological polar surface area (TPSA) is 42.7 Å². The molecule has 4 heteroatoms. The van der Waals surface area contributed by atoms with Crippen molar-refractivity contribution in [2.24, 2.45) is 0 Å². The molecular formula is C12H18N4. The van der Waals surface area contributed by atoms with Gasteiger partial charge in [-0.2, -0.15) is 0 Å². The molecule has 0 saturated carbocycles. The molecule has 4 nitrogen and oxygen atoms in total. The zero-order chi connectivity index (χ0) is 11.4. The number of nitrogens with zero attached hydrogens (tertiary/aromatic N) is 3. The van der Waals surface area contributed by atoms with E-state index in [2.05, 4.69) is 35.5 Å². The summed E-state index contributed by atoms with van der Waals surface area (Å²) in [5, 5.41) is 11.7. The van der Waals surface area contributed by atoms with Gasteiger partial charge in [-0.15, -0.1) is 5.10 Å². The van der Waals surface area contributed by atoms with E-state index in [4.69, 9.17) is 0 Å². The standard InChI is InChI=1S/C12H18N4/c1-3-13-9-8-10(2)16-12-7-5-4-6-11(12)14-15-16/h4-7,10,13H,3,8-9H2,1-2H3. The first kappa shape index (κ1) is 11.1. The first-order valence-electron chi connectivity index (χ1n) is 5.83. The van der Waals surface area contributed by atoms with Crippen molar-refractivity contribution in [3.63, 3.8) is 0 Å². The highest BCUT2D eigenvalue weighted by Crippen LogP contribution is 2.16. The molecule has 0 aliphatic heterocycles. The lowest BCUT2D eigenvalue weighted by atomic mass is 10.2. The van der Waals surface area contributed by atoms with E-state index < -0.39 is 0 Å². The van der Waals surface area contributed by atoms with Gasteiger partial charge in [0.25, 0.3) is 0 Å². The lowest BCUT2D eigenvalue weighted by Gasteiger charge is -2.12. The van der Waals surface area contributed by atoms with E-state index in [1.165, 1.54) is 0 Å². The molecule has 0 aliphatic carbocycles. The summed E-state index contributed by atoms with van der Waals surface area (Å²) in [5.74, 6) is 0. The first-order valence-corrected chi connectivity index (χ1v) is 5.83. The maximum absolute atomic E-state index is 4.21. The molecule has 1 heterocycles. The molecule has 0 spiro atoms. The van der Waals surface area contributed by atoms with Crippen LogP contribution in [0.1, 0.15) is 26.3 Å². The zero-order valence-corrected chi connectivity index (χ0v) is 9.85. The Morgan fingerprint density at radius 1 is 1.38 bits per heavy atom. The van der Waals surface area contributed by atoms with Gasteiger partial charge in [-0.25, -0.2) is 4.68 Å². The second-order valence-electron chi connectivity index (χ2n) is 4.01. The van der Waals surface area contributed by atoms with Gasteiger partial charge in [-0.1, -0.05) is 24.3 Å². The van der Waals surface area contributed by atoms with Crippen LogP contribution in [0.3, 0.4) is 0 Å². The Hall–Kier alpha value is -1.42. The van der Waals surface area contributed by atoms with Crippen LogP contribution in [0, 0.1) is 0 Å². The molecule has 1 aromatic heterocycles. The van der Waals surface area contributed by atoms with Crippen LogP contribution in [0.2, 0.25) is 0 Å². The fourth-order valence-corrected chi connectivity index (χ4v) is 1.82. The lowest BCUT2D eigenvalue weighted by Crippen LogP contribution is -2.18. The van der Waals surface area contributed by atoms with Crippen molar-refractivity contribution in [2.75, 3.05) is 13.1 Å². The van der Waals surface area contributed by atoms with Crippen LogP contribution in [0.5, 0.6) is 0 Å². The molecule has 0 bridgehead atoms. The average Bonchev–Trinajstić information content (AvgIpc) is 2.73. The fraction of sp³-hybridized carbons (Fsp3) is 0.500. The third kappa shape index (κ3) is 2.22. The van der Waals surface area contributed by atoms with Gasteiger partial charge in [-0.05, 0) is 38.6 Å². The molecular weight excluding hydrogens is 200 g/mol. The first-order chi connectivity index (χ1) is 7.83. The number of rotatable bonds is 5. The van der Waals surface area contributed by atoms with E-state index in [9.17, 15) is 0 Å². The zero-order valence-electron chi connectivity index (χ0n) is 9.85. The van der Waals surface area contributed by atoms with E-state index in [0.29, 0.717) is 6.04 Å². The SMILES string of the molecule is CCNCCC(C)n1nnc2ccccc21. The van der Waals surface area contributed by atoms with Gasteiger partial charge in [-0.3, -0.25) is 0 Å². The molecule has 0 fully saturated rings. The van der Waals surface area contributed by atoms with E-state index in [1.807, 2.05) is 22.9 Å². The smallest absolute Gasteiger partial charge is 0.113 e. The lowest BCUT2D eigenvalue weighted by molar-refractivity contribution is 0.448. The molecule has 0 saturated heterocycles. The van der Waals surface area contributed by atoms with Gasteiger partial charge >= 0.3 is 0 Å². The van der Waals surface area contributed by atoms with Gasteiger partial charge in [0.2, 0.25) is 0 Å². The summed E-state index contributed by atoms with van der Waals surface area (Å²) in [7, 11) is 0. The number of nitrogens with one attached hydrogen (secondary N) is 1. The van der Waals surface area contributed by atoms with Crippen molar-refractivity contribution in [2.45, 2.75) is 26.3 Å². The maximum Gasteiger partial charge on any atom is 0.113 e. The van der Waals surface area contributed by atoms with Gasteiger partial charge in [0.1, 0.15) is 5.52 Å². The molecule has 1 aromatic carbocycles. The monoisotopic (exact) mass is 218 g/mol. The molecule has 0 aliphatic rings. The highest BCUT2D eigenvalue weighted by atomic mass is 15.4. The summed E-state index contributed by atoms with van der Waals surface area (Å²) in [4.78, 5) is 0. The van der Waals surface area contributed by atoms with Crippen molar-refractivity contribution in [1.29, 1.82) is 0 Å². The largest absolute Gasteiger partial charge is 0.317 e. The van der Waals surface area contributed by atoms with E-state index in [1.54, 1.807) is 0 Å².